The van der Waals surface area contributed by atoms with Crippen molar-refractivity contribution in [1.29, 1.82) is 0 Å². The summed E-state index contributed by atoms with van der Waals surface area (Å²) in [6, 6.07) is 3.93. The second-order valence-corrected chi connectivity index (χ2v) is 5.58. The van der Waals surface area contributed by atoms with Gasteiger partial charge in [0, 0.05) is 17.7 Å². The SMILES string of the molecule is CCC(C)(CC)n1c(=S)[nH]c2cc(OC)c(OC)cc21. The average Bonchev–Trinajstić information content (AvgIpc) is 2.80. The molecule has 110 valence electrons. The van der Waals surface area contributed by atoms with Gasteiger partial charge in [-0.3, -0.25) is 0 Å². The van der Waals surface area contributed by atoms with Gasteiger partial charge >= 0.3 is 0 Å². The second kappa shape index (κ2) is 5.48. The maximum atomic E-state index is 5.52. The summed E-state index contributed by atoms with van der Waals surface area (Å²) in [5.74, 6) is 1.43. The first-order chi connectivity index (χ1) is 9.50. The summed E-state index contributed by atoms with van der Waals surface area (Å²) >= 11 is 5.52. The smallest absolute Gasteiger partial charge is 0.178 e. The Balaban J connectivity index is 2.80. The molecule has 0 saturated carbocycles. The van der Waals surface area contributed by atoms with E-state index in [0.717, 1.165) is 34.4 Å². The summed E-state index contributed by atoms with van der Waals surface area (Å²) in [5, 5.41) is 0. The first kappa shape index (κ1) is 14.9. The van der Waals surface area contributed by atoms with Crippen LogP contribution in [0.25, 0.3) is 11.0 Å². The van der Waals surface area contributed by atoms with E-state index in [4.69, 9.17) is 21.7 Å². The molecule has 0 bridgehead atoms. The molecule has 2 rings (SSSR count). The van der Waals surface area contributed by atoms with Gasteiger partial charge < -0.3 is 19.0 Å². The van der Waals surface area contributed by atoms with Crippen molar-refractivity contribution in [1.82, 2.24) is 9.55 Å². The van der Waals surface area contributed by atoms with Gasteiger partial charge in [-0.15, -0.1) is 0 Å². The Labute approximate surface area is 124 Å². The lowest BCUT2D eigenvalue weighted by Crippen LogP contribution is -2.28. The van der Waals surface area contributed by atoms with Crippen LogP contribution in [0.5, 0.6) is 11.5 Å². The van der Waals surface area contributed by atoms with Gasteiger partial charge in [0.15, 0.2) is 16.3 Å². The molecular formula is C15H22N2O2S. The highest BCUT2D eigenvalue weighted by Crippen LogP contribution is 2.35. The molecule has 0 atom stereocenters. The topological polar surface area (TPSA) is 39.2 Å². The molecule has 0 saturated heterocycles. The molecular weight excluding hydrogens is 272 g/mol. The highest BCUT2D eigenvalue weighted by Gasteiger charge is 2.25. The third-order valence-corrected chi connectivity index (χ3v) is 4.54. The molecule has 4 nitrogen and oxygen atoms in total. The average molecular weight is 294 g/mol. The number of H-pyrrole nitrogens is 1. The van der Waals surface area contributed by atoms with Crippen LogP contribution in [0.3, 0.4) is 0 Å². The van der Waals surface area contributed by atoms with Crippen LogP contribution in [0, 0.1) is 4.77 Å². The van der Waals surface area contributed by atoms with E-state index in [2.05, 4.69) is 30.3 Å². The second-order valence-electron chi connectivity index (χ2n) is 5.19. The van der Waals surface area contributed by atoms with Crippen LogP contribution in [0.4, 0.5) is 0 Å². The lowest BCUT2D eigenvalue weighted by atomic mass is 9.95. The number of hydrogen-bond acceptors (Lipinski definition) is 3. The Morgan fingerprint density at radius 3 is 2.20 bits per heavy atom. The molecule has 20 heavy (non-hydrogen) atoms. The van der Waals surface area contributed by atoms with Gasteiger partial charge in [-0.1, -0.05) is 13.8 Å². The van der Waals surface area contributed by atoms with E-state index >= 15 is 0 Å². The van der Waals surface area contributed by atoms with E-state index in [-0.39, 0.29) is 5.54 Å². The third-order valence-electron chi connectivity index (χ3n) is 4.25. The molecule has 5 heteroatoms. The first-order valence-corrected chi connectivity index (χ1v) is 7.28. The molecule has 0 fully saturated rings. The normalized spacial score (nSPS) is 11.8. The van der Waals surface area contributed by atoms with Crippen LogP contribution in [0.15, 0.2) is 12.1 Å². The van der Waals surface area contributed by atoms with Crippen molar-refractivity contribution in [3.63, 3.8) is 0 Å². The van der Waals surface area contributed by atoms with Gasteiger partial charge in [0.1, 0.15) is 0 Å². The molecule has 0 unspecified atom stereocenters. The number of ether oxygens (including phenoxy) is 2. The molecule has 0 spiro atoms. The van der Waals surface area contributed by atoms with Crippen molar-refractivity contribution in [3.05, 3.63) is 16.9 Å². The summed E-state index contributed by atoms with van der Waals surface area (Å²) in [6.45, 7) is 6.60. The van der Waals surface area contributed by atoms with Gasteiger partial charge in [0.2, 0.25) is 0 Å². The molecule has 0 aliphatic carbocycles. The number of fused-ring (bicyclic) bond motifs is 1. The number of methoxy groups -OCH3 is 2. The van der Waals surface area contributed by atoms with Crippen LogP contribution in [-0.2, 0) is 5.54 Å². The number of benzene rings is 1. The molecule has 0 aliphatic rings. The van der Waals surface area contributed by atoms with Crippen LogP contribution < -0.4 is 9.47 Å². The molecule has 1 aromatic carbocycles. The monoisotopic (exact) mass is 294 g/mol. The zero-order valence-electron chi connectivity index (χ0n) is 12.7. The first-order valence-electron chi connectivity index (χ1n) is 6.88. The minimum absolute atomic E-state index is 0.00503. The fraction of sp³-hybridized carbons (Fsp3) is 0.533. The Morgan fingerprint density at radius 1 is 1.15 bits per heavy atom. The fourth-order valence-corrected chi connectivity index (χ4v) is 2.96. The van der Waals surface area contributed by atoms with Gasteiger partial charge in [-0.05, 0) is 32.0 Å². The predicted octanol–water partition coefficient (Wildman–Crippen LogP) is 4.25. The Hall–Kier alpha value is -1.49. The zero-order valence-corrected chi connectivity index (χ0v) is 13.6. The van der Waals surface area contributed by atoms with E-state index in [1.165, 1.54) is 0 Å². The Morgan fingerprint density at radius 2 is 1.70 bits per heavy atom. The van der Waals surface area contributed by atoms with E-state index < -0.39 is 0 Å². The Kier molecular flexibility index (Phi) is 4.09. The Bertz CT molecular complexity index is 668. The highest BCUT2D eigenvalue weighted by molar-refractivity contribution is 7.71. The zero-order chi connectivity index (χ0) is 14.9. The minimum atomic E-state index is -0.00503. The minimum Gasteiger partial charge on any atom is -0.493 e. The van der Waals surface area contributed by atoms with Crippen molar-refractivity contribution in [3.8, 4) is 11.5 Å². The van der Waals surface area contributed by atoms with Crippen LogP contribution in [-0.4, -0.2) is 23.8 Å². The summed E-state index contributed by atoms with van der Waals surface area (Å²) in [6.07, 6.45) is 2.03. The lowest BCUT2D eigenvalue weighted by Gasteiger charge is -2.29. The standard InChI is InChI=1S/C15H22N2O2S/c1-6-15(3,7-2)17-11-9-13(19-5)12(18-4)8-10(11)16-14(17)20/h8-9H,6-7H2,1-5H3,(H,16,20). The highest BCUT2D eigenvalue weighted by atomic mass is 32.1. The quantitative estimate of drug-likeness (QED) is 0.838. The summed E-state index contributed by atoms with van der Waals surface area (Å²) < 4.78 is 13.7. The number of aromatic amines is 1. The van der Waals surface area contributed by atoms with Crippen molar-refractivity contribution in [2.24, 2.45) is 0 Å². The van der Waals surface area contributed by atoms with E-state index in [9.17, 15) is 0 Å². The molecule has 0 aliphatic heterocycles. The summed E-state index contributed by atoms with van der Waals surface area (Å²) in [7, 11) is 3.28. The van der Waals surface area contributed by atoms with Crippen molar-refractivity contribution in [2.45, 2.75) is 39.2 Å². The molecule has 0 amide bonds. The number of nitrogens with zero attached hydrogens (tertiary/aromatic N) is 1. The van der Waals surface area contributed by atoms with Gasteiger partial charge in [-0.2, -0.15) is 0 Å². The van der Waals surface area contributed by atoms with E-state index in [0.29, 0.717) is 5.75 Å². The largest absolute Gasteiger partial charge is 0.493 e. The van der Waals surface area contributed by atoms with E-state index in [1.54, 1.807) is 14.2 Å². The summed E-state index contributed by atoms with van der Waals surface area (Å²) in [4.78, 5) is 3.27. The van der Waals surface area contributed by atoms with E-state index in [1.807, 2.05) is 12.1 Å². The number of hydrogen-bond donors (Lipinski definition) is 1. The lowest BCUT2D eigenvalue weighted by molar-refractivity contribution is 0.299. The number of imidazole rings is 1. The fourth-order valence-electron chi connectivity index (χ4n) is 2.54. The van der Waals surface area contributed by atoms with Crippen LogP contribution in [0.1, 0.15) is 33.6 Å². The predicted molar refractivity (Wildman–Crippen MR) is 84.5 cm³/mol. The van der Waals surface area contributed by atoms with Crippen molar-refractivity contribution >= 4 is 23.3 Å². The van der Waals surface area contributed by atoms with Crippen molar-refractivity contribution in [2.75, 3.05) is 14.2 Å². The van der Waals surface area contributed by atoms with Crippen molar-refractivity contribution < 1.29 is 9.47 Å². The molecule has 1 heterocycles. The van der Waals surface area contributed by atoms with Gasteiger partial charge in [-0.25, -0.2) is 0 Å². The number of nitrogens with one attached hydrogen (secondary N) is 1. The number of rotatable bonds is 5. The number of aromatic nitrogens is 2. The maximum Gasteiger partial charge on any atom is 0.178 e. The van der Waals surface area contributed by atoms with Gasteiger partial charge in [0.25, 0.3) is 0 Å². The maximum absolute atomic E-state index is 5.52. The van der Waals surface area contributed by atoms with Crippen LogP contribution >= 0.6 is 12.2 Å². The third kappa shape index (κ3) is 2.20. The molecule has 1 aromatic heterocycles. The molecule has 1 N–H and O–H groups in total. The van der Waals surface area contributed by atoms with Crippen LogP contribution in [0.2, 0.25) is 0 Å². The van der Waals surface area contributed by atoms with Gasteiger partial charge in [0.05, 0.1) is 25.3 Å². The molecule has 2 aromatic rings. The molecule has 0 radical (unpaired) electrons. The summed E-state index contributed by atoms with van der Waals surface area (Å²) in [5.41, 5.74) is 2.02.